The monoisotopic (exact) mass is 458 g/mol. The van der Waals surface area contributed by atoms with Gasteiger partial charge in [-0.25, -0.2) is 9.37 Å². The summed E-state index contributed by atoms with van der Waals surface area (Å²) in [5.74, 6) is -2.72. The van der Waals surface area contributed by atoms with E-state index in [1.54, 1.807) is 12.1 Å². The van der Waals surface area contributed by atoms with Crippen LogP contribution in [0.25, 0.3) is 0 Å². The lowest BCUT2D eigenvalue weighted by Gasteiger charge is -2.08. The third-order valence-corrected chi connectivity index (χ3v) is 5.01. The van der Waals surface area contributed by atoms with Crippen molar-refractivity contribution >= 4 is 40.7 Å². The van der Waals surface area contributed by atoms with E-state index in [0.717, 1.165) is 12.1 Å². The molecule has 1 heterocycles. The van der Waals surface area contributed by atoms with E-state index < -0.39 is 23.5 Å². The zero-order valence-corrected chi connectivity index (χ0v) is 18.0. The molecular formula is C22H20ClFN4O4. The highest BCUT2D eigenvalue weighted by atomic mass is 35.5. The number of oxazole rings is 1. The van der Waals surface area contributed by atoms with Gasteiger partial charge in [0.25, 0.3) is 17.7 Å². The van der Waals surface area contributed by atoms with Crippen molar-refractivity contribution < 1.29 is 23.2 Å². The summed E-state index contributed by atoms with van der Waals surface area (Å²) in [6, 6.07) is 9.63. The van der Waals surface area contributed by atoms with Crippen LogP contribution in [0.3, 0.4) is 0 Å². The molecule has 0 radical (unpaired) electrons. The Bertz CT molecular complexity index is 1180. The van der Waals surface area contributed by atoms with Gasteiger partial charge in [0.1, 0.15) is 5.82 Å². The maximum Gasteiger partial charge on any atom is 0.293 e. The van der Waals surface area contributed by atoms with Gasteiger partial charge < -0.3 is 20.8 Å². The van der Waals surface area contributed by atoms with Crippen molar-refractivity contribution in [3.05, 3.63) is 76.2 Å². The lowest BCUT2D eigenvalue weighted by molar-refractivity contribution is 0.0959. The molecule has 0 fully saturated rings. The maximum absolute atomic E-state index is 13.2. The van der Waals surface area contributed by atoms with Crippen LogP contribution >= 0.6 is 11.6 Å². The number of rotatable bonds is 7. The van der Waals surface area contributed by atoms with E-state index in [1.165, 1.54) is 18.2 Å². The average molecular weight is 459 g/mol. The van der Waals surface area contributed by atoms with Crippen LogP contribution in [-0.4, -0.2) is 22.7 Å². The Kier molecular flexibility index (Phi) is 6.89. The Hall–Kier alpha value is -3.72. The Morgan fingerprint density at radius 3 is 2.22 bits per heavy atom. The van der Waals surface area contributed by atoms with Gasteiger partial charge in [-0.3, -0.25) is 14.4 Å². The summed E-state index contributed by atoms with van der Waals surface area (Å²) >= 11 is 5.90. The predicted molar refractivity (Wildman–Crippen MR) is 117 cm³/mol. The topological polar surface area (TPSA) is 127 Å². The van der Waals surface area contributed by atoms with Crippen LogP contribution in [0.4, 0.5) is 15.8 Å². The van der Waals surface area contributed by atoms with Crippen LogP contribution in [-0.2, 0) is 0 Å². The SMILES string of the molecule is CCC(C)c1nc(C(N)=O)c(C(=O)Nc2ccc(NC(=O)c3ccc(F)cc3Cl)cc2)o1. The molecule has 1 aromatic heterocycles. The Labute approximate surface area is 188 Å². The largest absolute Gasteiger partial charge is 0.434 e. The molecule has 3 amide bonds. The minimum Gasteiger partial charge on any atom is -0.434 e. The zero-order valence-electron chi connectivity index (χ0n) is 17.2. The van der Waals surface area contributed by atoms with Crippen molar-refractivity contribution in [3.63, 3.8) is 0 Å². The average Bonchev–Trinajstić information content (AvgIpc) is 3.20. The van der Waals surface area contributed by atoms with Crippen molar-refractivity contribution in [1.82, 2.24) is 4.98 Å². The third kappa shape index (κ3) is 5.12. The molecule has 0 aliphatic carbocycles. The summed E-state index contributed by atoms with van der Waals surface area (Å²) < 4.78 is 18.6. The first-order valence-electron chi connectivity index (χ1n) is 9.68. The minimum absolute atomic E-state index is 0.0135. The van der Waals surface area contributed by atoms with Crippen LogP contribution < -0.4 is 16.4 Å². The molecule has 0 bridgehead atoms. The van der Waals surface area contributed by atoms with E-state index in [1.807, 2.05) is 13.8 Å². The Balaban J connectivity index is 1.72. The van der Waals surface area contributed by atoms with Gasteiger partial charge in [-0.15, -0.1) is 0 Å². The number of anilines is 2. The first-order chi connectivity index (χ1) is 15.2. The van der Waals surface area contributed by atoms with Gasteiger partial charge in [-0.1, -0.05) is 25.4 Å². The lowest BCUT2D eigenvalue weighted by Crippen LogP contribution is -2.19. The van der Waals surface area contributed by atoms with Crippen LogP contribution in [0.5, 0.6) is 0 Å². The van der Waals surface area contributed by atoms with Crippen LogP contribution in [0.1, 0.15) is 63.5 Å². The molecule has 0 aliphatic rings. The van der Waals surface area contributed by atoms with Gasteiger partial charge in [-0.2, -0.15) is 0 Å². The number of carbonyl (C=O) groups excluding carboxylic acids is 3. The zero-order chi connectivity index (χ0) is 23.4. The van der Waals surface area contributed by atoms with Crippen LogP contribution in [0.15, 0.2) is 46.9 Å². The quantitative estimate of drug-likeness (QED) is 0.477. The number of nitrogens with two attached hydrogens (primary N) is 1. The number of primary amides is 1. The predicted octanol–water partition coefficient (Wildman–Crippen LogP) is 4.58. The van der Waals surface area contributed by atoms with Gasteiger partial charge in [0.15, 0.2) is 11.6 Å². The second-order valence-corrected chi connectivity index (χ2v) is 7.42. The number of hydrogen-bond donors (Lipinski definition) is 3. The highest BCUT2D eigenvalue weighted by molar-refractivity contribution is 6.34. The fourth-order valence-corrected chi connectivity index (χ4v) is 2.99. The molecule has 0 saturated heterocycles. The molecular weight excluding hydrogens is 439 g/mol. The summed E-state index contributed by atoms with van der Waals surface area (Å²) in [6.45, 7) is 3.77. The fraction of sp³-hybridized carbons (Fsp3) is 0.182. The normalized spacial score (nSPS) is 11.6. The summed E-state index contributed by atoms with van der Waals surface area (Å²) in [4.78, 5) is 40.6. The van der Waals surface area contributed by atoms with Gasteiger partial charge in [0, 0.05) is 17.3 Å². The van der Waals surface area contributed by atoms with E-state index in [9.17, 15) is 18.8 Å². The van der Waals surface area contributed by atoms with Crippen LogP contribution in [0.2, 0.25) is 5.02 Å². The van der Waals surface area contributed by atoms with Crippen molar-refractivity contribution in [3.8, 4) is 0 Å². The molecule has 32 heavy (non-hydrogen) atoms. The molecule has 3 aromatic rings. The maximum atomic E-state index is 13.2. The molecule has 0 aliphatic heterocycles. The molecule has 166 valence electrons. The standard InChI is InChI=1S/C22H20ClFN4O4/c1-3-11(2)22-28-17(19(25)29)18(32-22)21(31)27-14-7-5-13(6-8-14)26-20(30)15-9-4-12(24)10-16(15)23/h4-11H,3H2,1-2H3,(H2,25,29)(H,26,30)(H,27,31). The Morgan fingerprint density at radius 2 is 1.69 bits per heavy atom. The smallest absolute Gasteiger partial charge is 0.293 e. The van der Waals surface area contributed by atoms with Crippen molar-refractivity contribution in [2.24, 2.45) is 5.73 Å². The number of halogens is 2. The molecule has 10 heteroatoms. The number of hydrogen-bond acceptors (Lipinski definition) is 5. The van der Waals surface area contributed by atoms with E-state index in [4.69, 9.17) is 21.8 Å². The van der Waals surface area contributed by atoms with Crippen molar-refractivity contribution in [2.45, 2.75) is 26.2 Å². The second kappa shape index (κ2) is 9.61. The van der Waals surface area contributed by atoms with Crippen molar-refractivity contribution in [1.29, 1.82) is 0 Å². The number of amides is 3. The first-order valence-corrected chi connectivity index (χ1v) is 10.1. The molecule has 8 nitrogen and oxygen atoms in total. The van der Waals surface area contributed by atoms with Gasteiger partial charge in [-0.05, 0) is 48.9 Å². The van der Waals surface area contributed by atoms with E-state index in [0.29, 0.717) is 17.8 Å². The molecule has 0 saturated carbocycles. The molecule has 2 aromatic carbocycles. The number of nitrogens with zero attached hydrogens (tertiary/aromatic N) is 1. The highest BCUT2D eigenvalue weighted by Gasteiger charge is 2.25. The van der Waals surface area contributed by atoms with Crippen LogP contribution in [0, 0.1) is 5.82 Å². The van der Waals surface area contributed by atoms with Gasteiger partial charge >= 0.3 is 0 Å². The highest BCUT2D eigenvalue weighted by Crippen LogP contribution is 2.23. The molecule has 0 spiro atoms. The number of nitrogens with one attached hydrogen (secondary N) is 2. The molecule has 4 N–H and O–H groups in total. The van der Waals surface area contributed by atoms with Crippen molar-refractivity contribution in [2.75, 3.05) is 10.6 Å². The summed E-state index contributed by atoms with van der Waals surface area (Å²) in [5.41, 5.74) is 6.00. The second-order valence-electron chi connectivity index (χ2n) is 7.01. The number of aromatic nitrogens is 1. The minimum atomic E-state index is -0.869. The Morgan fingerprint density at radius 1 is 1.09 bits per heavy atom. The molecule has 3 rings (SSSR count). The first kappa shape index (κ1) is 23.0. The van der Waals surface area contributed by atoms with E-state index >= 15 is 0 Å². The van der Waals surface area contributed by atoms with E-state index in [-0.39, 0.29) is 33.8 Å². The fourth-order valence-electron chi connectivity index (χ4n) is 2.74. The molecule has 1 unspecified atom stereocenters. The third-order valence-electron chi connectivity index (χ3n) is 4.69. The summed E-state index contributed by atoms with van der Waals surface area (Å²) in [5, 5.41) is 5.21. The lowest BCUT2D eigenvalue weighted by atomic mass is 10.1. The van der Waals surface area contributed by atoms with Gasteiger partial charge in [0.05, 0.1) is 10.6 Å². The summed E-state index contributed by atoms with van der Waals surface area (Å²) in [6.07, 6.45) is 0.704. The molecule has 1 atom stereocenters. The van der Waals surface area contributed by atoms with Gasteiger partial charge in [0.2, 0.25) is 5.76 Å². The van der Waals surface area contributed by atoms with E-state index in [2.05, 4.69) is 15.6 Å². The summed E-state index contributed by atoms with van der Waals surface area (Å²) in [7, 11) is 0. The number of carbonyl (C=O) groups is 3. The number of benzene rings is 2.